The van der Waals surface area contributed by atoms with Crippen molar-refractivity contribution in [3.8, 4) is 0 Å². The summed E-state index contributed by atoms with van der Waals surface area (Å²) in [6, 6.07) is 8.28. The summed E-state index contributed by atoms with van der Waals surface area (Å²) < 4.78 is 0. The maximum Gasteiger partial charge on any atom is 0.232 e. The lowest BCUT2D eigenvalue weighted by Gasteiger charge is -2.19. The summed E-state index contributed by atoms with van der Waals surface area (Å²) in [5, 5.41) is 0. The smallest absolute Gasteiger partial charge is 0.232 e. The molecule has 0 spiro atoms. The highest BCUT2D eigenvalue weighted by Crippen LogP contribution is 2.18. The van der Waals surface area contributed by atoms with Gasteiger partial charge in [0.1, 0.15) is 0 Å². The van der Waals surface area contributed by atoms with Crippen LogP contribution in [-0.2, 0) is 4.79 Å². The van der Waals surface area contributed by atoms with Gasteiger partial charge >= 0.3 is 0 Å². The lowest BCUT2D eigenvalue weighted by molar-refractivity contribution is -0.127. The quantitative estimate of drug-likeness (QED) is 0.749. The predicted molar refractivity (Wildman–Crippen MR) is 74.4 cm³/mol. The maximum absolute atomic E-state index is 11.8. The second kappa shape index (κ2) is 6.70. The number of aryl methyl sites for hydroxylation is 1. The molecular formula is C14H21NOS. The van der Waals surface area contributed by atoms with Crippen LogP contribution in [0.15, 0.2) is 29.2 Å². The average molecular weight is 251 g/mol. The van der Waals surface area contributed by atoms with Gasteiger partial charge in [0.15, 0.2) is 0 Å². The molecule has 2 nitrogen and oxygen atoms in total. The topological polar surface area (TPSA) is 20.3 Å². The molecule has 1 amide bonds. The summed E-state index contributed by atoms with van der Waals surface area (Å²) in [5.41, 5.74) is 1.25. The van der Waals surface area contributed by atoms with Crippen LogP contribution in [0.1, 0.15) is 19.4 Å². The number of hydrogen-bond acceptors (Lipinski definition) is 2. The van der Waals surface area contributed by atoms with E-state index in [9.17, 15) is 4.79 Å². The van der Waals surface area contributed by atoms with Gasteiger partial charge in [-0.15, -0.1) is 11.8 Å². The third-order valence-electron chi connectivity index (χ3n) is 2.45. The van der Waals surface area contributed by atoms with Gasteiger partial charge in [-0.05, 0) is 25.0 Å². The van der Waals surface area contributed by atoms with Crippen molar-refractivity contribution in [2.45, 2.75) is 25.7 Å². The zero-order valence-corrected chi connectivity index (χ0v) is 11.9. The standard InChI is InChI=1S/C14H21NOS/c1-11(2)9-15(4)14(16)10-17-13-7-5-12(3)6-8-13/h5-8,11H,9-10H2,1-4H3. The molecule has 0 unspecified atom stereocenters. The molecule has 0 atom stereocenters. The summed E-state index contributed by atoms with van der Waals surface area (Å²) in [5.74, 6) is 1.24. The number of nitrogens with zero attached hydrogens (tertiary/aromatic N) is 1. The zero-order chi connectivity index (χ0) is 12.8. The van der Waals surface area contributed by atoms with Crippen molar-refractivity contribution in [3.05, 3.63) is 29.8 Å². The fraction of sp³-hybridized carbons (Fsp3) is 0.500. The van der Waals surface area contributed by atoms with Crippen LogP contribution in [0.2, 0.25) is 0 Å². The van der Waals surface area contributed by atoms with E-state index in [0.29, 0.717) is 11.7 Å². The molecule has 0 aliphatic rings. The van der Waals surface area contributed by atoms with Crippen molar-refractivity contribution in [2.24, 2.45) is 5.92 Å². The third-order valence-corrected chi connectivity index (χ3v) is 3.44. The van der Waals surface area contributed by atoms with Crippen molar-refractivity contribution >= 4 is 17.7 Å². The Bertz CT molecular complexity index is 359. The summed E-state index contributed by atoms with van der Waals surface area (Å²) in [6.07, 6.45) is 0. The highest BCUT2D eigenvalue weighted by molar-refractivity contribution is 8.00. The molecule has 1 rings (SSSR count). The molecule has 94 valence electrons. The van der Waals surface area contributed by atoms with E-state index >= 15 is 0 Å². The first-order chi connectivity index (χ1) is 7.99. The van der Waals surface area contributed by atoms with Crippen LogP contribution < -0.4 is 0 Å². The van der Waals surface area contributed by atoms with Crippen molar-refractivity contribution < 1.29 is 4.79 Å². The summed E-state index contributed by atoms with van der Waals surface area (Å²) in [4.78, 5) is 14.8. The van der Waals surface area contributed by atoms with Crippen LogP contribution in [0.3, 0.4) is 0 Å². The summed E-state index contributed by atoms with van der Waals surface area (Å²) in [6.45, 7) is 7.14. The number of hydrogen-bond donors (Lipinski definition) is 0. The fourth-order valence-corrected chi connectivity index (χ4v) is 2.38. The minimum atomic E-state index is 0.198. The molecule has 0 bridgehead atoms. The number of carbonyl (C=O) groups is 1. The van der Waals surface area contributed by atoms with E-state index in [0.717, 1.165) is 11.4 Å². The Morgan fingerprint density at radius 1 is 1.29 bits per heavy atom. The third kappa shape index (κ3) is 5.26. The Morgan fingerprint density at radius 2 is 1.88 bits per heavy atom. The predicted octanol–water partition coefficient (Wildman–Crippen LogP) is 3.20. The normalized spacial score (nSPS) is 10.6. The van der Waals surface area contributed by atoms with Gasteiger partial charge in [0.05, 0.1) is 5.75 Å². The highest BCUT2D eigenvalue weighted by atomic mass is 32.2. The van der Waals surface area contributed by atoms with Gasteiger partial charge in [0, 0.05) is 18.5 Å². The molecule has 0 heterocycles. The Kier molecular flexibility index (Phi) is 5.56. The molecule has 3 heteroatoms. The summed E-state index contributed by atoms with van der Waals surface area (Å²) >= 11 is 1.60. The molecule has 0 aliphatic heterocycles. The van der Waals surface area contributed by atoms with Crippen LogP contribution in [0, 0.1) is 12.8 Å². The van der Waals surface area contributed by atoms with Crippen molar-refractivity contribution in [2.75, 3.05) is 19.3 Å². The monoisotopic (exact) mass is 251 g/mol. The Labute approximate surface area is 108 Å². The lowest BCUT2D eigenvalue weighted by Crippen LogP contribution is -2.31. The second-order valence-electron chi connectivity index (χ2n) is 4.77. The molecular weight excluding hydrogens is 230 g/mol. The van der Waals surface area contributed by atoms with Crippen LogP contribution in [0.25, 0.3) is 0 Å². The van der Waals surface area contributed by atoms with E-state index in [1.54, 1.807) is 11.8 Å². The van der Waals surface area contributed by atoms with Gasteiger partial charge in [-0.2, -0.15) is 0 Å². The van der Waals surface area contributed by atoms with Crippen LogP contribution in [0.5, 0.6) is 0 Å². The highest BCUT2D eigenvalue weighted by Gasteiger charge is 2.10. The van der Waals surface area contributed by atoms with Gasteiger partial charge < -0.3 is 4.90 Å². The van der Waals surface area contributed by atoms with Crippen LogP contribution >= 0.6 is 11.8 Å². The number of rotatable bonds is 5. The molecule has 17 heavy (non-hydrogen) atoms. The van der Waals surface area contributed by atoms with E-state index in [1.807, 2.05) is 11.9 Å². The Morgan fingerprint density at radius 3 is 2.41 bits per heavy atom. The van der Waals surface area contributed by atoms with E-state index in [4.69, 9.17) is 0 Å². The van der Waals surface area contributed by atoms with Crippen LogP contribution in [-0.4, -0.2) is 30.2 Å². The maximum atomic E-state index is 11.8. The minimum Gasteiger partial charge on any atom is -0.345 e. The Hall–Kier alpha value is -0.960. The Balaban J connectivity index is 2.40. The van der Waals surface area contributed by atoms with Gasteiger partial charge in [-0.1, -0.05) is 31.5 Å². The van der Waals surface area contributed by atoms with E-state index in [-0.39, 0.29) is 5.91 Å². The van der Waals surface area contributed by atoms with Crippen molar-refractivity contribution in [1.29, 1.82) is 0 Å². The minimum absolute atomic E-state index is 0.198. The molecule has 0 saturated heterocycles. The molecule has 1 aromatic carbocycles. The largest absolute Gasteiger partial charge is 0.345 e. The van der Waals surface area contributed by atoms with Gasteiger partial charge in [-0.25, -0.2) is 0 Å². The molecule has 0 fully saturated rings. The molecule has 0 saturated carbocycles. The zero-order valence-electron chi connectivity index (χ0n) is 11.1. The molecule has 0 aromatic heterocycles. The van der Waals surface area contributed by atoms with E-state index in [1.165, 1.54) is 5.56 Å². The average Bonchev–Trinajstić information content (AvgIpc) is 2.27. The number of thioether (sulfide) groups is 1. The first-order valence-corrected chi connectivity index (χ1v) is 6.91. The summed E-state index contributed by atoms with van der Waals surface area (Å²) in [7, 11) is 1.87. The molecule has 0 N–H and O–H groups in total. The first-order valence-electron chi connectivity index (χ1n) is 5.92. The molecule has 0 radical (unpaired) electrons. The van der Waals surface area contributed by atoms with Gasteiger partial charge in [0.2, 0.25) is 5.91 Å². The van der Waals surface area contributed by atoms with Crippen molar-refractivity contribution in [3.63, 3.8) is 0 Å². The molecule has 1 aromatic rings. The number of amides is 1. The van der Waals surface area contributed by atoms with E-state index in [2.05, 4.69) is 45.0 Å². The van der Waals surface area contributed by atoms with Crippen LogP contribution in [0.4, 0.5) is 0 Å². The van der Waals surface area contributed by atoms with E-state index < -0.39 is 0 Å². The lowest BCUT2D eigenvalue weighted by atomic mass is 10.2. The van der Waals surface area contributed by atoms with Gasteiger partial charge in [-0.3, -0.25) is 4.79 Å². The first kappa shape index (κ1) is 14.1. The molecule has 0 aliphatic carbocycles. The SMILES string of the molecule is Cc1ccc(SCC(=O)N(C)CC(C)C)cc1. The number of benzene rings is 1. The number of carbonyl (C=O) groups excluding carboxylic acids is 1. The van der Waals surface area contributed by atoms with Gasteiger partial charge in [0.25, 0.3) is 0 Å². The van der Waals surface area contributed by atoms with Crippen molar-refractivity contribution in [1.82, 2.24) is 4.90 Å². The second-order valence-corrected chi connectivity index (χ2v) is 5.82. The fourth-order valence-electron chi connectivity index (χ4n) is 1.54.